The third-order valence-corrected chi connectivity index (χ3v) is 4.18. The summed E-state index contributed by atoms with van der Waals surface area (Å²) >= 11 is 6.71. The van der Waals surface area contributed by atoms with Crippen molar-refractivity contribution in [3.8, 4) is 11.4 Å². The molecule has 3 nitrogen and oxygen atoms in total. The maximum atomic E-state index is 14.1. The average molecular weight is 400 g/mol. The molecule has 0 aliphatic carbocycles. The van der Waals surface area contributed by atoms with E-state index in [-0.39, 0.29) is 5.82 Å². The van der Waals surface area contributed by atoms with E-state index in [9.17, 15) is 4.39 Å². The number of benzene rings is 2. The molecule has 3 aromatic rings. The van der Waals surface area contributed by atoms with Crippen molar-refractivity contribution in [2.24, 2.45) is 0 Å². The lowest BCUT2D eigenvalue weighted by molar-refractivity contribution is 0.418. The van der Waals surface area contributed by atoms with Crippen LogP contribution in [0.4, 0.5) is 4.39 Å². The van der Waals surface area contributed by atoms with E-state index >= 15 is 0 Å². The fraction of sp³-hybridized carbons (Fsp3) is 0.0714. The molecule has 0 N–H and O–H groups in total. The fourth-order valence-electron chi connectivity index (χ4n) is 2.08. The van der Waals surface area contributed by atoms with Crippen molar-refractivity contribution in [2.75, 3.05) is 7.11 Å². The standard InChI is InChI=1S/C14H9Br2FN2O/c1-20-13-5-3-10(16)9-7-18-19(14(9)13)12-4-2-8(15)6-11(12)17/h2-7H,1H3. The van der Waals surface area contributed by atoms with Crippen LogP contribution in [0.2, 0.25) is 0 Å². The minimum Gasteiger partial charge on any atom is -0.494 e. The zero-order valence-electron chi connectivity index (χ0n) is 10.4. The molecule has 0 amide bonds. The van der Waals surface area contributed by atoms with Gasteiger partial charge in [-0.2, -0.15) is 5.10 Å². The topological polar surface area (TPSA) is 27.1 Å². The van der Waals surface area contributed by atoms with E-state index in [1.165, 1.54) is 6.07 Å². The van der Waals surface area contributed by atoms with Crippen molar-refractivity contribution in [3.05, 3.63) is 51.3 Å². The average Bonchev–Trinajstić information content (AvgIpc) is 2.85. The predicted molar refractivity (Wildman–Crippen MR) is 83.0 cm³/mol. The number of rotatable bonds is 2. The molecule has 0 unspecified atom stereocenters. The Balaban J connectivity index is 2.34. The zero-order valence-corrected chi connectivity index (χ0v) is 13.6. The first-order valence-electron chi connectivity index (χ1n) is 5.77. The molecule has 20 heavy (non-hydrogen) atoms. The number of aromatic nitrogens is 2. The van der Waals surface area contributed by atoms with Gasteiger partial charge in [-0.3, -0.25) is 0 Å². The summed E-state index contributed by atoms with van der Waals surface area (Å²) in [5.41, 5.74) is 1.10. The van der Waals surface area contributed by atoms with Gasteiger partial charge in [0.05, 0.1) is 13.3 Å². The monoisotopic (exact) mass is 398 g/mol. The molecule has 102 valence electrons. The van der Waals surface area contributed by atoms with Crippen molar-refractivity contribution in [1.29, 1.82) is 0 Å². The lowest BCUT2D eigenvalue weighted by atomic mass is 10.2. The quantitative estimate of drug-likeness (QED) is 0.624. The number of ether oxygens (including phenoxy) is 1. The Morgan fingerprint density at radius 1 is 1.20 bits per heavy atom. The van der Waals surface area contributed by atoms with Gasteiger partial charge in [0.25, 0.3) is 0 Å². The Labute approximate surface area is 131 Å². The summed E-state index contributed by atoms with van der Waals surface area (Å²) in [5, 5.41) is 5.14. The fourth-order valence-corrected chi connectivity index (χ4v) is 2.83. The van der Waals surface area contributed by atoms with Gasteiger partial charge < -0.3 is 4.74 Å². The Bertz CT molecular complexity index is 801. The summed E-state index contributed by atoms with van der Waals surface area (Å²) in [6, 6.07) is 8.56. The molecule has 2 aromatic carbocycles. The molecular formula is C14H9Br2FN2O. The zero-order chi connectivity index (χ0) is 14.3. The molecule has 0 bridgehead atoms. The second-order valence-corrected chi connectivity index (χ2v) is 5.93. The summed E-state index contributed by atoms with van der Waals surface area (Å²) in [6.45, 7) is 0. The number of hydrogen-bond acceptors (Lipinski definition) is 2. The van der Waals surface area contributed by atoms with Crippen LogP contribution in [0.25, 0.3) is 16.6 Å². The molecule has 3 rings (SSSR count). The molecule has 0 fully saturated rings. The van der Waals surface area contributed by atoms with Crippen LogP contribution in [0, 0.1) is 5.82 Å². The van der Waals surface area contributed by atoms with E-state index < -0.39 is 0 Å². The van der Waals surface area contributed by atoms with Crippen molar-refractivity contribution in [1.82, 2.24) is 9.78 Å². The van der Waals surface area contributed by atoms with Gasteiger partial charge >= 0.3 is 0 Å². The van der Waals surface area contributed by atoms with Crippen LogP contribution in [0.15, 0.2) is 45.5 Å². The largest absolute Gasteiger partial charge is 0.494 e. The summed E-state index contributed by atoms with van der Waals surface area (Å²) < 4.78 is 22.6. The molecule has 0 saturated carbocycles. The summed E-state index contributed by atoms with van der Waals surface area (Å²) in [5.74, 6) is 0.287. The second kappa shape index (κ2) is 5.18. The van der Waals surface area contributed by atoms with Crippen molar-refractivity contribution in [3.63, 3.8) is 0 Å². The molecule has 6 heteroatoms. The number of hydrogen-bond donors (Lipinski definition) is 0. The van der Waals surface area contributed by atoms with Crippen molar-refractivity contribution in [2.45, 2.75) is 0 Å². The van der Waals surface area contributed by atoms with Crippen LogP contribution < -0.4 is 4.74 Å². The summed E-state index contributed by atoms with van der Waals surface area (Å²) in [4.78, 5) is 0. The summed E-state index contributed by atoms with van der Waals surface area (Å²) in [6.07, 6.45) is 1.68. The Hall–Kier alpha value is -1.40. The van der Waals surface area contributed by atoms with Gasteiger partial charge in [0.2, 0.25) is 0 Å². The van der Waals surface area contributed by atoms with Crippen molar-refractivity contribution >= 4 is 42.8 Å². The third kappa shape index (κ3) is 2.13. The van der Waals surface area contributed by atoms with Gasteiger partial charge in [-0.05, 0) is 30.3 Å². The van der Waals surface area contributed by atoms with Crippen LogP contribution in [0.1, 0.15) is 0 Å². The molecule has 0 radical (unpaired) electrons. The first-order valence-corrected chi connectivity index (χ1v) is 7.36. The molecule has 0 aliphatic rings. The maximum Gasteiger partial charge on any atom is 0.150 e. The van der Waals surface area contributed by atoms with E-state index in [0.717, 1.165) is 15.4 Å². The van der Waals surface area contributed by atoms with Crippen LogP contribution in [-0.4, -0.2) is 16.9 Å². The lowest BCUT2D eigenvalue weighted by Gasteiger charge is -2.09. The smallest absolute Gasteiger partial charge is 0.150 e. The highest BCUT2D eigenvalue weighted by Gasteiger charge is 2.15. The Morgan fingerprint density at radius 2 is 2.00 bits per heavy atom. The van der Waals surface area contributed by atoms with Gasteiger partial charge in [-0.1, -0.05) is 31.9 Å². The highest BCUT2D eigenvalue weighted by atomic mass is 79.9. The molecule has 1 aromatic heterocycles. The normalized spacial score (nSPS) is 11.0. The second-order valence-electron chi connectivity index (χ2n) is 4.16. The van der Waals surface area contributed by atoms with Crippen LogP contribution >= 0.6 is 31.9 Å². The summed E-state index contributed by atoms with van der Waals surface area (Å²) in [7, 11) is 1.58. The van der Waals surface area contributed by atoms with E-state index in [2.05, 4.69) is 37.0 Å². The van der Waals surface area contributed by atoms with E-state index in [4.69, 9.17) is 4.74 Å². The van der Waals surface area contributed by atoms with Gasteiger partial charge in [0.1, 0.15) is 22.8 Å². The highest BCUT2D eigenvalue weighted by Crippen LogP contribution is 2.33. The SMILES string of the molecule is COc1ccc(Br)c2cnn(-c3ccc(Br)cc3F)c12. The van der Waals surface area contributed by atoms with Gasteiger partial charge in [0.15, 0.2) is 0 Å². The van der Waals surface area contributed by atoms with Gasteiger partial charge in [-0.25, -0.2) is 9.07 Å². The maximum absolute atomic E-state index is 14.1. The first kappa shape index (κ1) is 13.6. The Kier molecular flexibility index (Phi) is 3.52. The number of methoxy groups -OCH3 is 1. The number of fused-ring (bicyclic) bond motifs is 1. The molecule has 0 saturated heterocycles. The Morgan fingerprint density at radius 3 is 2.70 bits per heavy atom. The van der Waals surface area contributed by atoms with Crippen LogP contribution in [0.3, 0.4) is 0 Å². The minimum atomic E-state index is -0.355. The molecule has 0 aliphatic heterocycles. The van der Waals surface area contributed by atoms with E-state index in [1.54, 1.807) is 30.1 Å². The molecule has 0 atom stereocenters. The highest BCUT2D eigenvalue weighted by molar-refractivity contribution is 9.11. The van der Waals surface area contributed by atoms with Gasteiger partial charge in [0, 0.05) is 14.3 Å². The van der Waals surface area contributed by atoms with Crippen LogP contribution in [-0.2, 0) is 0 Å². The molecular weight excluding hydrogens is 391 g/mol. The minimum absolute atomic E-state index is 0.355. The first-order chi connectivity index (χ1) is 9.61. The van der Waals surface area contributed by atoms with Gasteiger partial charge in [-0.15, -0.1) is 0 Å². The third-order valence-electron chi connectivity index (χ3n) is 3.00. The molecule has 0 spiro atoms. The van der Waals surface area contributed by atoms with Crippen molar-refractivity contribution < 1.29 is 9.13 Å². The molecule has 1 heterocycles. The van der Waals surface area contributed by atoms with E-state index in [1.807, 2.05) is 12.1 Å². The predicted octanol–water partition coefficient (Wildman–Crippen LogP) is 4.70. The number of halogens is 3. The van der Waals surface area contributed by atoms with E-state index in [0.29, 0.717) is 15.9 Å². The lowest BCUT2D eigenvalue weighted by Crippen LogP contribution is -2.00. The number of nitrogens with zero attached hydrogens (tertiary/aromatic N) is 2. The van der Waals surface area contributed by atoms with Crippen LogP contribution in [0.5, 0.6) is 5.75 Å².